The molecule has 0 saturated heterocycles. The van der Waals surface area contributed by atoms with Crippen molar-refractivity contribution >= 4 is 5.91 Å². The minimum atomic E-state index is 0.0113. The van der Waals surface area contributed by atoms with E-state index < -0.39 is 0 Å². The summed E-state index contributed by atoms with van der Waals surface area (Å²) in [4.78, 5) is 12.6. The lowest BCUT2D eigenvalue weighted by Gasteiger charge is -2.27. The summed E-state index contributed by atoms with van der Waals surface area (Å²) in [5.74, 6) is 1.44. The van der Waals surface area contributed by atoms with Gasteiger partial charge in [-0.2, -0.15) is 0 Å². The van der Waals surface area contributed by atoms with Gasteiger partial charge in [0.05, 0.1) is 6.61 Å². The van der Waals surface area contributed by atoms with Crippen LogP contribution >= 0.6 is 0 Å². The largest absolute Gasteiger partial charge is 0.493 e. The summed E-state index contributed by atoms with van der Waals surface area (Å²) in [6.45, 7) is 6.02. The molecular formula is C29H33NO2. The number of ether oxygens (including phenoxy) is 1. The molecule has 0 aromatic heterocycles. The molecule has 1 aliphatic carbocycles. The first-order valence-corrected chi connectivity index (χ1v) is 11.7. The number of carbonyl (C=O) groups is 1. The van der Waals surface area contributed by atoms with Gasteiger partial charge in [-0.15, -0.1) is 0 Å². The highest BCUT2D eigenvalue weighted by molar-refractivity contribution is 5.94. The van der Waals surface area contributed by atoms with Gasteiger partial charge in [-0.25, -0.2) is 0 Å². The molecule has 1 unspecified atom stereocenters. The normalized spacial score (nSPS) is 17.1. The number of carbonyl (C=O) groups excluding carboxylic acids is 1. The second kappa shape index (κ2) is 10.0. The second-order valence-electron chi connectivity index (χ2n) is 9.48. The highest BCUT2D eigenvalue weighted by atomic mass is 16.5. The Morgan fingerprint density at radius 2 is 1.75 bits per heavy atom. The average Bonchev–Trinajstić information content (AvgIpc) is 3.16. The first-order chi connectivity index (χ1) is 15.5. The molecule has 1 fully saturated rings. The van der Waals surface area contributed by atoms with E-state index >= 15 is 0 Å². The van der Waals surface area contributed by atoms with Crippen LogP contribution in [0.15, 0.2) is 78.9 Å². The Bertz CT molecular complexity index is 1020. The van der Waals surface area contributed by atoms with Crippen LogP contribution in [0.3, 0.4) is 0 Å². The highest BCUT2D eigenvalue weighted by Gasteiger charge is 2.34. The lowest BCUT2D eigenvalue weighted by atomic mass is 9.82. The summed E-state index contributed by atoms with van der Waals surface area (Å²) < 4.78 is 5.97. The zero-order valence-electron chi connectivity index (χ0n) is 19.1. The van der Waals surface area contributed by atoms with Crippen LogP contribution in [-0.2, 0) is 6.42 Å². The Morgan fingerprint density at radius 1 is 0.969 bits per heavy atom. The molecule has 3 heteroatoms. The van der Waals surface area contributed by atoms with Crippen LogP contribution < -0.4 is 10.1 Å². The first kappa shape index (κ1) is 22.1. The predicted molar refractivity (Wildman–Crippen MR) is 131 cm³/mol. The molecule has 0 spiro atoms. The highest BCUT2D eigenvalue weighted by Crippen LogP contribution is 2.42. The maximum atomic E-state index is 12.6. The van der Waals surface area contributed by atoms with Gasteiger partial charge >= 0.3 is 0 Å². The zero-order chi connectivity index (χ0) is 22.4. The van der Waals surface area contributed by atoms with Gasteiger partial charge in [-0.3, -0.25) is 4.79 Å². The average molecular weight is 428 g/mol. The van der Waals surface area contributed by atoms with Gasteiger partial charge in [0.25, 0.3) is 5.91 Å². The molecule has 3 aromatic carbocycles. The van der Waals surface area contributed by atoms with E-state index in [4.69, 9.17) is 4.74 Å². The number of amides is 1. The maximum absolute atomic E-state index is 12.6. The lowest BCUT2D eigenvalue weighted by Crippen LogP contribution is -2.33. The fourth-order valence-electron chi connectivity index (χ4n) is 4.61. The van der Waals surface area contributed by atoms with Crippen LogP contribution in [0.1, 0.15) is 49.0 Å². The van der Waals surface area contributed by atoms with Crippen LogP contribution in [-0.4, -0.2) is 19.1 Å². The standard InChI is InChI=1S/C29H33NO2/c1-29(2)18-7-11-26(29)21-30-28(31)24-15-13-23(14-16-24)25-10-6-12-27(20-25)32-19-17-22-8-4-3-5-9-22/h3-6,8-10,12-16,20,26H,7,11,17-19,21H2,1-2H3,(H,30,31). The third kappa shape index (κ3) is 5.59. The lowest BCUT2D eigenvalue weighted by molar-refractivity contribution is 0.0937. The number of nitrogens with one attached hydrogen (secondary N) is 1. The van der Waals surface area contributed by atoms with E-state index in [2.05, 4.69) is 55.6 Å². The molecule has 4 rings (SSSR count). The monoisotopic (exact) mass is 427 g/mol. The Labute approximate surface area is 191 Å². The van der Waals surface area contributed by atoms with Crippen molar-refractivity contribution in [2.45, 2.75) is 39.5 Å². The van der Waals surface area contributed by atoms with Crippen molar-refractivity contribution in [1.82, 2.24) is 5.32 Å². The van der Waals surface area contributed by atoms with Crippen LogP contribution in [0.2, 0.25) is 0 Å². The summed E-state index contributed by atoms with van der Waals surface area (Å²) in [5, 5.41) is 3.14. The fourth-order valence-corrected chi connectivity index (χ4v) is 4.61. The van der Waals surface area contributed by atoms with Crippen LogP contribution in [0.4, 0.5) is 0 Å². The van der Waals surface area contributed by atoms with Gasteiger partial charge in [-0.05, 0) is 65.1 Å². The van der Waals surface area contributed by atoms with E-state index in [0.29, 0.717) is 23.5 Å². The Morgan fingerprint density at radius 3 is 2.47 bits per heavy atom. The Balaban J connectivity index is 1.33. The SMILES string of the molecule is CC1(C)CCCC1CNC(=O)c1ccc(-c2cccc(OCCc3ccccc3)c2)cc1. The van der Waals surface area contributed by atoms with Crippen molar-refractivity contribution in [3.8, 4) is 16.9 Å². The van der Waals surface area contributed by atoms with E-state index in [1.165, 1.54) is 24.8 Å². The molecule has 1 saturated carbocycles. The van der Waals surface area contributed by atoms with E-state index in [-0.39, 0.29) is 5.91 Å². The van der Waals surface area contributed by atoms with Gasteiger partial charge in [0.15, 0.2) is 0 Å². The summed E-state index contributed by atoms with van der Waals surface area (Å²) in [5.41, 5.74) is 4.47. The molecule has 0 aliphatic heterocycles. The summed E-state index contributed by atoms with van der Waals surface area (Å²) >= 11 is 0. The van der Waals surface area contributed by atoms with Crippen LogP contribution in [0.5, 0.6) is 5.75 Å². The fraction of sp³-hybridized carbons (Fsp3) is 0.345. The molecule has 166 valence electrons. The topological polar surface area (TPSA) is 38.3 Å². The third-order valence-corrected chi connectivity index (χ3v) is 6.80. The number of hydrogen-bond donors (Lipinski definition) is 1. The molecule has 1 atom stereocenters. The van der Waals surface area contributed by atoms with Crippen molar-refractivity contribution in [2.24, 2.45) is 11.3 Å². The molecule has 1 aliphatic rings. The van der Waals surface area contributed by atoms with Gasteiger partial charge < -0.3 is 10.1 Å². The summed E-state index contributed by atoms with van der Waals surface area (Å²) in [6.07, 6.45) is 4.59. The second-order valence-corrected chi connectivity index (χ2v) is 9.48. The van der Waals surface area contributed by atoms with E-state index in [1.807, 2.05) is 42.5 Å². The maximum Gasteiger partial charge on any atom is 0.251 e. The van der Waals surface area contributed by atoms with Crippen LogP contribution in [0, 0.1) is 11.3 Å². The predicted octanol–water partition coefficient (Wildman–Crippen LogP) is 6.53. The third-order valence-electron chi connectivity index (χ3n) is 6.80. The number of rotatable bonds is 8. The zero-order valence-corrected chi connectivity index (χ0v) is 19.1. The van der Waals surface area contributed by atoms with E-state index in [0.717, 1.165) is 29.8 Å². The van der Waals surface area contributed by atoms with Crippen LogP contribution in [0.25, 0.3) is 11.1 Å². The molecular weight excluding hydrogens is 394 g/mol. The Hall–Kier alpha value is -3.07. The van der Waals surface area contributed by atoms with Crippen molar-refractivity contribution in [3.05, 3.63) is 90.0 Å². The van der Waals surface area contributed by atoms with Crippen molar-refractivity contribution in [1.29, 1.82) is 0 Å². The number of benzene rings is 3. The quantitative estimate of drug-likeness (QED) is 0.444. The molecule has 3 nitrogen and oxygen atoms in total. The smallest absolute Gasteiger partial charge is 0.251 e. The van der Waals surface area contributed by atoms with Crippen molar-refractivity contribution < 1.29 is 9.53 Å². The molecule has 0 radical (unpaired) electrons. The van der Waals surface area contributed by atoms with E-state index in [9.17, 15) is 4.79 Å². The minimum Gasteiger partial charge on any atom is -0.493 e. The molecule has 1 N–H and O–H groups in total. The van der Waals surface area contributed by atoms with E-state index in [1.54, 1.807) is 0 Å². The Kier molecular flexibility index (Phi) is 6.94. The molecule has 3 aromatic rings. The minimum absolute atomic E-state index is 0.0113. The van der Waals surface area contributed by atoms with Gasteiger partial charge in [0, 0.05) is 18.5 Å². The van der Waals surface area contributed by atoms with Crippen molar-refractivity contribution in [2.75, 3.05) is 13.2 Å². The molecule has 1 amide bonds. The van der Waals surface area contributed by atoms with Gasteiger partial charge in [-0.1, -0.05) is 74.9 Å². The van der Waals surface area contributed by atoms with Crippen molar-refractivity contribution in [3.63, 3.8) is 0 Å². The summed E-state index contributed by atoms with van der Waals surface area (Å²) in [7, 11) is 0. The summed E-state index contributed by atoms with van der Waals surface area (Å²) in [6, 6.07) is 26.3. The van der Waals surface area contributed by atoms with Gasteiger partial charge in [0.2, 0.25) is 0 Å². The van der Waals surface area contributed by atoms with Gasteiger partial charge in [0.1, 0.15) is 5.75 Å². The molecule has 0 heterocycles. The first-order valence-electron chi connectivity index (χ1n) is 11.7. The molecule has 32 heavy (non-hydrogen) atoms. The number of hydrogen-bond acceptors (Lipinski definition) is 2. The molecule has 0 bridgehead atoms.